The summed E-state index contributed by atoms with van der Waals surface area (Å²) in [6.07, 6.45) is 2.99. The van der Waals surface area contributed by atoms with E-state index >= 15 is 0 Å². The Morgan fingerprint density at radius 3 is 2.18 bits per heavy atom. The van der Waals surface area contributed by atoms with Crippen LogP contribution in [0.4, 0.5) is 0 Å². The van der Waals surface area contributed by atoms with Gasteiger partial charge >= 0.3 is 5.97 Å². The smallest absolute Gasteiger partial charge is 0.334 e. The average Bonchev–Trinajstić information content (AvgIpc) is 3.35. The van der Waals surface area contributed by atoms with Crippen molar-refractivity contribution < 1.29 is 19.1 Å². The maximum absolute atomic E-state index is 13.2. The molecule has 0 aromatic heterocycles. The van der Waals surface area contributed by atoms with E-state index in [0.717, 1.165) is 30.4 Å². The van der Waals surface area contributed by atoms with E-state index in [1.807, 2.05) is 48.5 Å². The van der Waals surface area contributed by atoms with E-state index in [1.54, 1.807) is 6.92 Å². The molecule has 3 atom stereocenters. The second-order valence-electron chi connectivity index (χ2n) is 8.04. The van der Waals surface area contributed by atoms with Gasteiger partial charge < -0.3 is 9.47 Å². The number of carbonyl (C=O) groups is 2. The van der Waals surface area contributed by atoms with Gasteiger partial charge in [-0.15, -0.1) is 0 Å². The zero-order valence-electron chi connectivity index (χ0n) is 15.8. The number of ether oxygens (including phenoxy) is 2. The lowest BCUT2D eigenvalue weighted by Crippen LogP contribution is -2.49. The molecule has 0 radical (unpaired) electrons. The van der Waals surface area contributed by atoms with Gasteiger partial charge in [0.25, 0.3) is 0 Å². The van der Waals surface area contributed by atoms with Crippen LogP contribution in [0.5, 0.6) is 0 Å². The van der Waals surface area contributed by atoms with Crippen LogP contribution in [0, 0.1) is 5.92 Å². The minimum atomic E-state index is -1.04. The van der Waals surface area contributed by atoms with E-state index in [1.165, 1.54) is 0 Å². The topological polar surface area (TPSA) is 52.6 Å². The molecule has 2 heterocycles. The van der Waals surface area contributed by atoms with Gasteiger partial charge in [-0.05, 0) is 26.2 Å². The third-order valence-electron chi connectivity index (χ3n) is 6.37. The normalized spacial score (nSPS) is 26.5. The number of ketones is 1. The number of fused-ring (bicyclic) bond motifs is 4. The van der Waals surface area contributed by atoms with Crippen LogP contribution in [0.15, 0.2) is 60.7 Å². The molecule has 2 saturated heterocycles. The second-order valence-corrected chi connectivity index (χ2v) is 8.04. The van der Waals surface area contributed by atoms with Crippen molar-refractivity contribution >= 4 is 11.8 Å². The van der Waals surface area contributed by atoms with Gasteiger partial charge in [0.2, 0.25) is 0 Å². The Morgan fingerprint density at radius 1 is 1.07 bits per heavy atom. The lowest BCUT2D eigenvalue weighted by Gasteiger charge is -2.45. The first-order valence-corrected chi connectivity index (χ1v) is 9.80. The van der Waals surface area contributed by atoms with Gasteiger partial charge in [0, 0.05) is 33.7 Å². The van der Waals surface area contributed by atoms with Gasteiger partial charge in [-0.2, -0.15) is 0 Å². The highest BCUT2D eigenvalue weighted by atomic mass is 16.6. The van der Waals surface area contributed by atoms with Crippen LogP contribution in [0.25, 0.3) is 0 Å². The molecular formula is C24H22O4. The molecule has 4 nitrogen and oxygen atoms in total. The minimum absolute atomic E-state index is 0.0113. The minimum Gasteiger partial charge on any atom is -0.445 e. The van der Waals surface area contributed by atoms with Crippen LogP contribution in [-0.4, -0.2) is 24.0 Å². The molecule has 0 spiro atoms. The average molecular weight is 374 g/mol. The number of carbonyl (C=O) groups excluding carboxylic acids is 2. The zero-order chi connectivity index (χ0) is 19.5. The molecule has 142 valence electrons. The summed E-state index contributed by atoms with van der Waals surface area (Å²) in [6, 6.07) is 15.0. The fourth-order valence-corrected chi connectivity index (χ4v) is 5.18. The van der Waals surface area contributed by atoms with Crippen molar-refractivity contribution in [3.05, 3.63) is 82.9 Å². The zero-order valence-corrected chi connectivity index (χ0v) is 15.8. The standard InChI is InChI=1S/C24H22O4/c1-14(2)23(26)28-24(20-13-15-11-12-21(20)27-15)18-9-5-3-7-16(18)22(25)17-8-4-6-10-19(17)24/h3-10,15,20-21H,1,11-13H2,2H3. The number of hydrogen-bond donors (Lipinski definition) is 0. The fraction of sp³-hybridized carbons (Fsp3) is 0.333. The van der Waals surface area contributed by atoms with E-state index in [9.17, 15) is 9.59 Å². The predicted octanol–water partition coefficient (Wildman–Crippen LogP) is 4.16. The highest BCUT2D eigenvalue weighted by Crippen LogP contribution is 2.55. The molecule has 2 aliphatic heterocycles. The van der Waals surface area contributed by atoms with E-state index in [-0.39, 0.29) is 23.9 Å². The molecule has 1 aliphatic carbocycles. The monoisotopic (exact) mass is 374 g/mol. The Bertz CT molecular complexity index is 956. The number of benzene rings is 2. The van der Waals surface area contributed by atoms with Crippen LogP contribution in [0.1, 0.15) is 53.2 Å². The Balaban J connectivity index is 1.80. The summed E-state index contributed by atoms with van der Waals surface area (Å²) in [6.45, 7) is 5.43. The lowest BCUT2D eigenvalue weighted by atomic mass is 9.64. The van der Waals surface area contributed by atoms with Gasteiger partial charge in [-0.3, -0.25) is 4.79 Å². The number of rotatable bonds is 3. The van der Waals surface area contributed by atoms with Crippen molar-refractivity contribution in [2.45, 2.75) is 44.0 Å². The molecule has 0 N–H and O–H groups in total. The van der Waals surface area contributed by atoms with Crippen LogP contribution >= 0.6 is 0 Å². The van der Waals surface area contributed by atoms with Crippen LogP contribution in [-0.2, 0) is 19.9 Å². The first-order valence-electron chi connectivity index (χ1n) is 9.80. The Labute approximate surface area is 164 Å². The predicted molar refractivity (Wildman–Crippen MR) is 104 cm³/mol. The van der Waals surface area contributed by atoms with Crippen LogP contribution in [0.3, 0.4) is 0 Å². The molecular weight excluding hydrogens is 352 g/mol. The third-order valence-corrected chi connectivity index (χ3v) is 6.37. The van der Waals surface area contributed by atoms with Crippen LogP contribution in [0.2, 0.25) is 0 Å². The number of hydrogen-bond acceptors (Lipinski definition) is 4. The summed E-state index contributed by atoms with van der Waals surface area (Å²) in [5, 5.41) is 0. The quantitative estimate of drug-likeness (QED) is 0.598. The summed E-state index contributed by atoms with van der Waals surface area (Å²) in [4.78, 5) is 26.0. The molecule has 5 rings (SSSR count). The van der Waals surface area contributed by atoms with E-state index in [4.69, 9.17) is 9.47 Å². The van der Waals surface area contributed by atoms with E-state index in [2.05, 4.69) is 6.58 Å². The molecule has 2 fully saturated rings. The molecule has 3 aliphatic rings. The third kappa shape index (κ3) is 2.27. The second kappa shape index (κ2) is 6.14. The van der Waals surface area contributed by atoms with Crippen molar-refractivity contribution in [3.63, 3.8) is 0 Å². The summed E-state index contributed by atoms with van der Waals surface area (Å²) >= 11 is 0. The molecule has 2 aromatic rings. The molecule has 2 aromatic carbocycles. The first kappa shape index (κ1) is 17.4. The van der Waals surface area contributed by atoms with Crippen molar-refractivity contribution in [3.8, 4) is 0 Å². The summed E-state index contributed by atoms with van der Waals surface area (Å²) in [7, 11) is 0. The Morgan fingerprint density at radius 2 is 1.68 bits per heavy atom. The highest BCUT2D eigenvalue weighted by molar-refractivity contribution is 6.13. The molecule has 2 bridgehead atoms. The maximum Gasteiger partial charge on any atom is 0.334 e. The van der Waals surface area contributed by atoms with Crippen molar-refractivity contribution in [1.29, 1.82) is 0 Å². The molecule has 3 unspecified atom stereocenters. The fourth-order valence-electron chi connectivity index (χ4n) is 5.18. The number of esters is 1. The Kier molecular flexibility index (Phi) is 3.81. The SMILES string of the molecule is C=C(C)C(=O)OC1(C2CC3CCC2O3)c2ccccc2C(=O)c2ccccc21. The molecule has 4 heteroatoms. The van der Waals surface area contributed by atoms with Crippen molar-refractivity contribution in [1.82, 2.24) is 0 Å². The van der Waals surface area contributed by atoms with E-state index < -0.39 is 11.6 Å². The largest absolute Gasteiger partial charge is 0.445 e. The highest BCUT2D eigenvalue weighted by Gasteiger charge is 2.59. The van der Waals surface area contributed by atoms with Gasteiger partial charge in [0.15, 0.2) is 11.4 Å². The summed E-state index contributed by atoms with van der Waals surface area (Å²) in [5.74, 6) is -0.510. The lowest BCUT2D eigenvalue weighted by molar-refractivity contribution is -0.159. The maximum atomic E-state index is 13.2. The van der Waals surface area contributed by atoms with Crippen LogP contribution < -0.4 is 0 Å². The van der Waals surface area contributed by atoms with Gasteiger partial charge in [0.1, 0.15) is 0 Å². The van der Waals surface area contributed by atoms with Gasteiger partial charge in [-0.1, -0.05) is 55.1 Å². The van der Waals surface area contributed by atoms with Crippen molar-refractivity contribution in [2.24, 2.45) is 5.92 Å². The molecule has 0 amide bonds. The molecule has 28 heavy (non-hydrogen) atoms. The van der Waals surface area contributed by atoms with Gasteiger partial charge in [-0.25, -0.2) is 4.79 Å². The Hall–Kier alpha value is -2.72. The van der Waals surface area contributed by atoms with Gasteiger partial charge in [0.05, 0.1) is 12.2 Å². The van der Waals surface area contributed by atoms with E-state index in [0.29, 0.717) is 16.7 Å². The summed E-state index contributed by atoms with van der Waals surface area (Å²) < 4.78 is 12.5. The van der Waals surface area contributed by atoms with Crippen molar-refractivity contribution in [2.75, 3.05) is 0 Å². The summed E-state index contributed by atoms with van der Waals surface area (Å²) in [5.41, 5.74) is 2.01. The molecule has 0 saturated carbocycles. The first-order chi connectivity index (χ1) is 13.5.